The van der Waals surface area contributed by atoms with Crippen LogP contribution in [0.2, 0.25) is 0 Å². The Hall–Kier alpha value is -1.62. The van der Waals surface area contributed by atoms with E-state index < -0.39 is 9.84 Å². The number of pyridine rings is 1. The molecule has 1 aliphatic rings. The maximum Gasteiger partial charge on any atom is 0.150 e. The van der Waals surface area contributed by atoms with Gasteiger partial charge in [-0.3, -0.25) is 4.98 Å². The number of benzene rings is 1. The Morgan fingerprint density at radius 1 is 1.16 bits per heavy atom. The molecule has 0 saturated carbocycles. The smallest absolute Gasteiger partial charge is 0.150 e. The van der Waals surface area contributed by atoms with Crippen molar-refractivity contribution in [1.82, 2.24) is 4.98 Å². The molecule has 100 valence electrons. The molecule has 1 saturated heterocycles. The topological polar surface area (TPSA) is 59.1 Å². The number of sulfone groups is 1. The molecule has 19 heavy (non-hydrogen) atoms. The molecule has 5 heteroatoms. The van der Waals surface area contributed by atoms with Gasteiger partial charge in [-0.2, -0.15) is 0 Å². The van der Waals surface area contributed by atoms with Crippen molar-refractivity contribution in [2.45, 2.75) is 18.9 Å². The SMILES string of the molecule is O=S1(=O)CCC(Nc2ccc3ncccc3c2)CC1. The molecule has 1 aliphatic heterocycles. The van der Waals surface area contributed by atoms with Gasteiger partial charge >= 0.3 is 0 Å². The highest BCUT2D eigenvalue weighted by Crippen LogP contribution is 2.21. The van der Waals surface area contributed by atoms with Crippen molar-refractivity contribution in [2.24, 2.45) is 0 Å². The Labute approximate surface area is 112 Å². The van der Waals surface area contributed by atoms with E-state index in [-0.39, 0.29) is 6.04 Å². The molecule has 2 aromatic rings. The van der Waals surface area contributed by atoms with Crippen molar-refractivity contribution in [1.29, 1.82) is 0 Å². The second-order valence-electron chi connectivity index (χ2n) is 4.98. The quantitative estimate of drug-likeness (QED) is 0.913. The zero-order chi connectivity index (χ0) is 13.3. The van der Waals surface area contributed by atoms with Gasteiger partial charge in [-0.1, -0.05) is 6.07 Å². The molecule has 0 aliphatic carbocycles. The van der Waals surface area contributed by atoms with Crippen LogP contribution in [-0.4, -0.2) is 30.9 Å². The van der Waals surface area contributed by atoms with Gasteiger partial charge in [-0.05, 0) is 37.1 Å². The van der Waals surface area contributed by atoms with Gasteiger partial charge in [0.2, 0.25) is 0 Å². The molecule has 0 amide bonds. The maximum absolute atomic E-state index is 11.4. The molecule has 0 atom stereocenters. The number of hydrogen-bond acceptors (Lipinski definition) is 4. The third-order valence-corrected chi connectivity index (χ3v) is 5.24. The number of aromatic nitrogens is 1. The van der Waals surface area contributed by atoms with Gasteiger partial charge in [0, 0.05) is 23.3 Å². The predicted octanol–water partition coefficient (Wildman–Crippen LogP) is 2.22. The van der Waals surface area contributed by atoms with E-state index in [4.69, 9.17) is 0 Å². The number of rotatable bonds is 2. The first-order chi connectivity index (χ1) is 9.12. The van der Waals surface area contributed by atoms with Crippen LogP contribution in [0.4, 0.5) is 5.69 Å². The second kappa shape index (κ2) is 4.81. The largest absolute Gasteiger partial charge is 0.382 e. The van der Waals surface area contributed by atoms with Gasteiger partial charge in [0.1, 0.15) is 9.84 Å². The summed E-state index contributed by atoms with van der Waals surface area (Å²) in [5.41, 5.74) is 2.00. The highest BCUT2D eigenvalue weighted by Gasteiger charge is 2.23. The molecule has 1 aromatic heterocycles. The molecule has 1 N–H and O–H groups in total. The average molecular weight is 276 g/mol. The molecule has 0 unspecified atom stereocenters. The van der Waals surface area contributed by atoms with Crippen LogP contribution in [0.25, 0.3) is 10.9 Å². The summed E-state index contributed by atoms with van der Waals surface area (Å²) in [5, 5.41) is 4.51. The van der Waals surface area contributed by atoms with Crippen LogP contribution in [0, 0.1) is 0 Å². The summed E-state index contributed by atoms with van der Waals surface area (Å²) in [5.74, 6) is 0.583. The van der Waals surface area contributed by atoms with Gasteiger partial charge < -0.3 is 5.32 Å². The fourth-order valence-electron chi connectivity index (χ4n) is 2.44. The lowest BCUT2D eigenvalue weighted by Crippen LogP contribution is -2.32. The lowest BCUT2D eigenvalue weighted by molar-refractivity contribution is 0.559. The Morgan fingerprint density at radius 3 is 2.74 bits per heavy atom. The number of fused-ring (bicyclic) bond motifs is 1. The summed E-state index contributed by atoms with van der Waals surface area (Å²) < 4.78 is 22.8. The van der Waals surface area contributed by atoms with Crippen LogP contribution >= 0.6 is 0 Å². The molecule has 0 bridgehead atoms. The summed E-state index contributed by atoms with van der Waals surface area (Å²) in [4.78, 5) is 4.28. The van der Waals surface area contributed by atoms with Crippen LogP contribution in [0.15, 0.2) is 36.5 Å². The van der Waals surface area contributed by atoms with Crippen LogP contribution in [0.1, 0.15) is 12.8 Å². The third-order valence-electron chi connectivity index (χ3n) is 3.53. The molecule has 1 aromatic carbocycles. The van der Waals surface area contributed by atoms with Crippen LogP contribution in [0.5, 0.6) is 0 Å². The average Bonchev–Trinajstić information content (AvgIpc) is 2.41. The van der Waals surface area contributed by atoms with E-state index in [9.17, 15) is 8.42 Å². The lowest BCUT2D eigenvalue weighted by atomic mass is 10.1. The van der Waals surface area contributed by atoms with Crippen molar-refractivity contribution in [2.75, 3.05) is 16.8 Å². The standard InChI is InChI=1S/C14H16N2O2S/c17-19(18)8-5-12(6-9-19)16-13-3-4-14-11(10-13)2-1-7-15-14/h1-4,7,10,12,16H,5-6,8-9H2. The molecular formula is C14H16N2O2S. The minimum Gasteiger partial charge on any atom is -0.382 e. The Kier molecular flexibility index (Phi) is 3.14. The summed E-state index contributed by atoms with van der Waals surface area (Å²) in [6.45, 7) is 0. The molecule has 0 spiro atoms. The molecule has 2 heterocycles. The maximum atomic E-state index is 11.4. The van der Waals surface area contributed by atoms with Crippen LogP contribution < -0.4 is 5.32 Å². The van der Waals surface area contributed by atoms with Gasteiger partial charge in [0.15, 0.2) is 0 Å². The predicted molar refractivity (Wildman–Crippen MR) is 77.0 cm³/mol. The highest BCUT2D eigenvalue weighted by atomic mass is 32.2. The number of hydrogen-bond donors (Lipinski definition) is 1. The van der Waals surface area contributed by atoms with E-state index in [2.05, 4.69) is 16.4 Å². The first kappa shape index (κ1) is 12.4. The first-order valence-corrected chi connectivity index (χ1v) is 8.26. The zero-order valence-corrected chi connectivity index (χ0v) is 11.4. The lowest BCUT2D eigenvalue weighted by Gasteiger charge is -2.24. The van der Waals surface area contributed by atoms with Gasteiger partial charge in [0.25, 0.3) is 0 Å². The van der Waals surface area contributed by atoms with Crippen molar-refractivity contribution in [3.63, 3.8) is 0 Å². The normalized spacial score (nSPS) is 19.4. The minimum absolute atomic E-state index is 0.248. The highest BCUT2D eigenvalue weighted by molar-refractivity contribution is 7.91. The number of nitrogens with zero attached hydrogens (tertiary/aromatic N) is 1. The first-order valence-electron chi connectivity index (χ1n) is 6.44. The molecule has 3 rings (SSSR count). The van der Waals surface area contributed by atoms with Crippen LogP contribution in [-0.2, 0) is 9.84 Å². The molecule has 1 fully saturated rings. The van der Waals surface area contributed by atoms with Crippen LogP contribution in [0.3, 0.4) is 0 Å². The Balaban J connectivity index is 1.75. The van der Waals surface area contributed by atoms with Crippen molar-refractivity contribution >= 4 is 26.4 Å². The fraction of sp³-hybridized carbons (Fsp3) is 0.357. The van der Waals surface area contributed by atoms with E-state index in [1.165, 1.54) is 0 Å². The van der Waals surface area contributed by atoms with E-state index in [1.807, 2.05) is 24.3 Å². The van der Waals surface area contributed by atoms with Gasteiger partial charge in [-0.15, -0.1) is 0 Å². The second-order valence-corrected chi connectivity index (χ2v) is 7.28. The number of anilines is 1. The van der Waals surface area contributed by atoms with E-state index in [0.717, 1.165) is 16.6 Å². The summed E-state index contributed by atoms with van der Waals surface area (Å²) in [6.07, 6.45) is 3.16. The van der Waals surface area contributed by atoms with E-state index in [0.29, 0.717) is 24.3 Å². The third kappa shape index (κ3) is 2.87. The van der Waals surface area contributed by atoms with Gasteiger partial charge in [0.05, 0.1) is 17.0 Å². The Bertz CT molecular complexity index is 683. The Morgan fingerprint density at radius 2 is 1.95 bits per heavy atom. The summed E-state index contributed by atoms with van der Waals surface area (Å²) in [7, 11) is -2.79. The molecule has 4 nitrogen and oxygen atoms in total. The molecule has 0 radical (unpaired) electrons. The zero-order valence-electron chi connectivity index (χ0n) is 10.5. The van der Waals surface area contributed by atoms with Crippen molar-refractivity contribution < 1.29 is 8.42 Å². The van der Waals surface area contributed by atoms with Crippen molar-refractivity contribution in [3.05, 3.63) is 36.5 Å². The monoisotopic (exact) mass is 276 g/mol. The van der Waals surface area contributed by atoms with E-state index in [1.54, 1.807) is 6.20 Å². The van der Waals surface area contributed by atoms with E-state index >= 15 is 0 Å². The molecular weight excluding hydrogens is 260 g/mol. The fourth-order valence-corrected chi connectivity index (χ4v) is 3.93. The number of nitrogens with one attached hydrogen (secondary N) is 1. The van der Waals surface area contributed by atoms with Gasteiger partial charge in [-0.25, -0.2) is 8.42 Å². The summed E-state index contributed by atoms with van der Waals surface area (Å²) >= 11 is 0. The van der Waals surface area contributed by atoms with Crippen molar-refractivity contribution in [3.8, 4) is 0 Å². The minimum atomic E-state index is -2.79. The summed E-state index contributed by atoms with van der Waals surface area (Å²) in [6, 6.07) is 10.2.